The number of rotatable bonds is 3. The largest absolute Gasteiger partial charge is 0.416 e. The topological polar surface area (TPSA) is 29.1 Å². The average Bonchev–Trinajstić information content (AvgIpc) is 2.59. The fourth-order valence-electron chi connectivity index (χ4n) is 1.61. The van der Waals surface area contributed by atoms with Crippen molar-refractivity contribution in [2.45, 2.75) is 33.7 Å². The van der Waals surface area contributed by atoms with Crippen LogP contribution in [-0.4, -0.2) is 28.1 Å². The standard InChI is InChI=1S/C12H22N3O/c1-10(2)8-15(11(3)4)12(16)14-7-6-13(5)9-14/h6-7,9-11H,8H2,1-5H3/q+1. The van der Waals surface area contributed by atoms with Crippen molar-refractivity contribution in [2.24, 2.45) is 13.0 Å². The molecule has 0 spiro atoms. The quantitative estimate of drug-likeness (QED) is 0.718. The van der Waals surface area contributed by atoms with Crippen LogP contribution in [0, 0.1) is 5.92 Å². The van der Waals surface area contributed by atoms with Crippen LogP contribution in [0.2, 0.25) is 0 Å². The Morgan fingerprint density at radius 3 is 2.38 bits per heavy atom. The number of hydrogen-bond acceptors (Lipinski definition) is 1. The lowest BCUT2D eigenvalue weighted by Gasteiger charge is -2.25. The van der Waals surface area contributed by atoms with Gasteiger partial charge >= 0.3 is 6.03 Å². The summed E-state index contributed by atoms with van der Waals surface area (Å²) < 4.78 is 3.49. The molecule has 4 heteroatoms. The maximum absolute atomic E-state index is 12.2. The predicted octanol–water partition coefficient (Wildman–Crippen LogP) is 1.65. The van der Waals surface area contributed by atoms with Crippen molar-refractivity contribution < 1.29 is 9.36 Å². The highest BCUT2D eigenvalue weighted by molar-refractivity contribution is 5.76. The monoisotopic (exact) mass is 224 g/mol. The van der Waals surface area contributed by atoms with Crippen LogP contribution < -0.4 is 4.57 Å². The van der Waals surface area contributed by atoms with Crippen LogP contribution in [0.1, 0.15) is 27.7 Å². The van der Waals surface area contributed by atoms with Crippen molar-refractivity contribution in [3.63, 3.8) is 0 Å². The number of carbonyl (C=O) groups is 1. The van der Waals surface area contributed by atoms with E-state index in [4.69, 9.17) is 0 Å². The van der Waals surface area contributed by atoms with Gasteiger partial charge in [-0.25, -0.2) is 9.36 Å². The van der Waals surface area contributed by atoms with E-state index in [0.29, 0.717) is 5.92 Å². The third-order valence-electron chi connectivity index (χ3n) is 2.42. The fraction of sp³-hybridized carbons (Fsp3) is 0.667. The second kappa shape index (κ2) is 5.14. The molecule has 90 valence electrons. The maximum atomic E-state index is 12.2. The van der Waals surface area contributed by atoms with Crippen LogP contribution >= 0.6 is 0 Å². The summed E-state index contributed by atoms with van der Waals surface area (Å²) in [4.78, 5) is 14.1. The van der Waals surface area contributed by atoms with Gasteiger partial charge in [0.05, 0.1) is 7.05 Å². The number of carbonyl (C=O) groups excluding carboxylic acids is 1. The molecular weight excluding hydrogens is 202 g/mol. The summed E-state index contributed by atoms with van der Waals surface area (Å²) in [6.45, 7) is 9.13. The Labute approximate surface area is 97.5 Å². The molecule has 0 atom stereocenters. The lowest BCUT2D eigenvalue weighted by molar-refractivity contribution is -0.670. The second-order valence-corrected chi connectivity index (χ2v) is 4.91. The molecular formula is C12H22N3O+. The van der Waals surface area contributed by atoms with Gasteiger partial charge in [-0.2, -0.15) is 4.57 Å². The Morgan fingerprint density at radius 1 is 1.38 bits per heavy atom. The Balaban J connectivity index is 2.83. The van der Waals surface area contributed by atoms with Crippen molar-refractivity contribution >= 4 is 6.03 Å². The molecule has 0 aliphatic rings. The highest BCUT2D eigenvalue weighted by Crippen LogP contribution is 2.06. The van der Waals surface area contributed by atoms with Gasteiger partial charge in [-0.3, -0.25) is 0 Å². The zero-order valence-corrected chi connectivity index (χ0v) is 10.8. The molecule has 0 bridgehead atoms. The second-order valence-electron chi connectivity index (χ2n) is 4.91. The Hall–Kier alpha value is -1.32. The molecule has 4 nitrogen and oxygen atoms in total. The first-order chi connectivity index (χ1) is 7.41. The summed E-state index contributed by atoms with van der Waals surface area (Å²) >= 11 is 0. The molecule has 1 heterocycles. The van der Waals surface area contributed by atoms with Crippen molar-refractivity contribution in [1.29, 1.82) is 0 Å². The molecule has 0 saturated carbocycles. The van der Waals surface area contributed by atoms with Gasteiger partial charge in [0, 0.05) is 12.6 Å². The molecule has 1 amide bonds. The zero-order chi connectivity index (χ0) is 12.3. The van der Waals surface area contributed by atoms with Gasteiger partial charge in [0.1, 0.15) is 12.4 Å². The van der Waals surface area contributed by atoms with Crippen LogP contribution in [0.25, 0.3) is 0 Å². The van der Waals surface area contributed by atoms with E-state index in [0.717, 1.165) is 6.54 Å². The van der Waals surface area contributed by atoms with E-state index < -0.39 is 0 Å². The van der Waals surface area contributed by atoms with Gasteiger partial charge in [-0.1, -0.05) is 13.8 Å². The Bertz CT molecular complexity index is 355. The maximum Gasteiger partial charge on any atom is 0.416 e. The number of nitrogens with zero attached hydrogens (tertiary/aromatic N) is 3. The van der Waals surface area contributed by atoms with Gasteiger partial charge in [0.2, 0.25) is 0 Å². The third-order valence-corrected chi connectivity index (χ3v) is 2.42. The first-order valence-corrected chi connectivity index (χ1v) is 5.76. The first-order valence-electron chi connectivity index (χ1n) is 5.76. The van der Waals surface area contributed by atoms with Crippen LogP contribution in [0.5, 0.6) is 0 Å². The summed E-state index contributed by atoms with van der Waals surface area (Å²) in [6, 6.07) is 0.270. The van der Waals surface area contributed by atoms with E-state index in [1.807, 2.05) is 36.6 Å². The minimum Gasteiger partial charge on any atom is -0.302 e. The van der Waals surface area contributed by atoms with Gasteiger partial charge in [-0.05, 0) is 19.8 Å². The zero-order valence-electron chi connectivity index (χ0n) is 10.8. The van der Waals surface area contributed by atoms with E-state index in [2.05, 4.69) is 13.8 Å². The first kappa shape index (κ1) is 12.7. The summed E-state index contributed by atoms with van der Waals surface area (Å²) in [5.74, 6) is 0.482. The minimum absolute atomic E-state index is 0.0456. The van der Waals surface area contributed by atoms with E-state index in [1.54, 1.807) is 17.1 Å². The molecule has 0 aliphatic heterocycles. The van der Waals surface area contributed by atoms with Crippen LogP contribution in [0.15, 0.2) is 18.7 Å². The molecule has 1 rings (SSSR count). The van der Waals surface area contributed by atoms with E-state index in [9.17, 15) is 4.79 Å². The molecule has 0 saturated heterocycles. The molecule has 1 aromatic heterocycles. The molecule has 0 unspecified atom stereocenters. The highest BCUT2D eigenvalue weighted by Gasteiger charge is 2.23. The Morgan fingerprint density at radius 2 is 2.00 bits per heavy atom. The number of imidazole rings is 1. The molecule has 0 N–H and O–H groups in total. The summed E-state index contributed by atoms with van der Waals surface area (Å²) in [6.07, 6.45) is 5.45. The lowest BCUT2D eigenvalue weighted by Crippen LogP contribution is -2.42. The summed E-state index contributed by atoms with van der Waals surface area (Å²) in [5.41, 5.74) is 0. The van der Waals surface area contributed by atoms with E-state index >= 15 is 0 Å². The number of hydrogen-bond donors (Lipinski definition) is 0. The molecule has 1 aromatic rings. The van der Waals surface area contributed by atoms with Gasteiger partial charge in [0.25, 0.3) is 6.33 Å². The number of aryl methyl sites for hydroxylation is 1. The Kier molecular flexibility index (Phi) is 4.10. The van der Waals surface area contributed by atoms with Crippen molar-refractivity contribution in [1.82, 2.24) is 9.47 Å². The average molecular weight is 224 g/mol. The normalized spacial score (nSPS) is 11.2. The number of amides is 1. The lowest BCUT2D eigenvalue weighted by atomic mass is 10.2. The van der Waals surface area contributed by atoms with Crippen LogP contribution in [0.4, 0.5) is 4.79 Å². The van der Waals surface area contributed by atoms with E-state index in [-0.39, 0.29) is 12.1 Å². The SMILES string of the molecule is CC(C)CN(C(=O)n1cc[n+](C)c1)C(C)C. The number of aromatic nitrogens is 2. The molecule has 0 aliphatic carbocycles. The molecule has 16 heavy (non-hydrogen) atoms. The molecule has 0 radical (unpaired) electrons. The van der Waals surface area contributed by atoms with Crippen molar-refractivity contribution in [3.8, 4) is 0 Å². The van der Waals surface area contributed by atoms with E-state index in [1.165, 1.54) is 0 Å². The smallest absolute Gasteiger partial charge is 0.302 e. The predicted molar refractivity (Wildman–Crippen MR) is 63.1 cm³/mol. The third kappa shape index (κ3) is 3.08. The van der Waals surface area contributed by atoms with Crippen LogP contribution in [-0.2, 0) is 7.05 Å². The molecule has 0 aromatic carbocycles. The van der Waals surface area contributed by atoms with Gasteiger partial charge < -0.3 is 4.90 Å². The summed E-state index contributed by atoms with van der Waals surface area (Å²) in [5, 5.41) is 0. The van der Waals surface area contributed by atoms with Gasteiger partial charge in [0.15, 0.2) is 0 Å². The molecule has 0 fully saturated rings. The highest BCUT2D eigenvalue weighted by atomic mass is 16.2. The minimum atomic E-state index is 0.0456. The van der Waals surface area contributed by atoms with Crippen LogP contribution in [0.3, 0.4) is 0 Å². The van der Waals surface area contributed by atoms with Gasteiger partial charge in [-0.15, -0.1) is 0 Å². The van der Waals surface area contributed by atoms with Crippen molar-refractivity contribution in [3.05, 3.63) is 18.7 Å². The van der Waals surface area contributed by atoms with Crippen molar-refractivity contribution in [2.75, 3.05) is 6.54 Å². The summed E-state index contributed by atoms with van der Waals surface area (Å²) in [7, 11) is 1.91. The fourth-order valence-corrected chi connectivity index (χ4v) is 1.61.